The first-order chi connectivity index (χ1) is 14.4. The van der Waals surface area contributed by atoms with Gasteiger partial charge in [-0.2, -0.15) is 0 Å². The van der Waals surface area contributed by atoms with Crippen LogP contribution in [-0.2, 0) is 20.8 Å². The molecule has 1 amide bonds. The number of thioether (sulfide) groups is 1. The molecule has 1 aliphatic rings. The largest absolute Gasteiger partial charge is 0.382 e. The number of hydrogen-bond acceptors (Lipinski definition) is 6. The molecule has 30 heavy (non-hydrogen) atoms. The van der Waals surface area contributed by atoms with Crippen molar-refractivity contribution in [3.63, 3.8) is 0 Å². The van der Waals surface area contributed by atoms with Crippen LogP contribution in [0.25, 0.3) is 10.9 Å². The molecule has 2 heterocycles. The molecule has 7 nitrogen and oxygen atoms in total. The maximum Gasteiger partial charge on any atom is 0.262 e. The van der Waals surface area contributed by atoms with E-state index in [1.54, 1.807) is 10.6 Å². The van der Waals surface area contributed by atoms with E-state index in [1.807, 2.05) is 37.8 Å². The molecule has 1 aromatic heterocycles. The van der Waals surface area contributed by atoms with Crippen LogP contribution in [0.2, 0.25) is 0 Å². The molecule has 0 unspecified atom stereocenters. The van der Waals surface area contributed by atoms with Crippen molar-refractivity contribution in [2.75, 3.05) is 32.1 Å². The van der Waals surface area contributed by atoms with E-state index in [1.165, 1.54) is 11.8 Å². The average molecular weight is 498 g/mol. The number of hydrogen-bond donors (Lipinski definition) is 0. The number of rotatable bonds is 8. The molecular formula is C21H28BrN3O4S. The van der Waals surface area contributed by atoms with E-state index < -0.39 is 0 Å². The number of fused-ring (bicyclic) bond motifs is 1. The summed E-state index contributed by atoms with van der Waals surface area (Å²) in [5.41, 5.74) is 0.536. The van der Waals surface area contributed by atoms with Gasteiger partial charge in [0.1, 0.15) is 0 Å². The summed E-state index contributed by atoms with van der Waals surface area (Å²) in [6, 6.07) is 5.48. The molecule has 0 bridgehead atoms. The number of benzene rings is 1. The van der Waals surface area contributed by atoms with Gasteiger partial charge in [0, 0.05) is 37.3 Å². The summed E-state index contributed by atoms with van der Waals surface area (Å²) in [6.45, 7) is 8.78. The Labute approximate surface area is 189 Å². The van der Waals surface area contributed by atoms with Crippen molar-refractivity contribution in [3.05, 3.63) is 33.0 Å². The molecule has 0 N–H and O–H groups in total. The van der Waals surface area contributed by atoms with E-state index in [2.05, 4.69) is 15.9 Å². The maximum absolute atomic E-state index is 13.1. The second kappa shape index (κ2) is 10.7. The number of ether oxygens (including phenoxy) is 2. The second-order valence-corrected chi connectivity index (χ2v) is 9.27. The third-order valence-electron chi connectivity index (χ3n) is 4.85. The molecular weight excluding hydrogens is 470 g/mol. The normalized spacial score (nSPS) is 19.4. The van der Waals surface area contributed by atoms with E-state index in [-0.39, 0.29) is 29.4 Å². The van der Waals surface area contributed by atoms with Crippen LogP contribution >= 0.6 is 27.7 Å². The SMILES string of the molecule is CCOCCCn1c(SCC(=O)N2C[C@@H](C)O[C@H](C)C2)nc2ccc(Br)cc2c1=O. The number of halogens is 1. The van der Waals surface area contributed by atoms with Crippen molar-refractivity contribution in [2.45, 2.75) is 51.1 Å². The molecule has 0 spiro atoms. The van der Waals surface area contributed by atoms with Gasteiger partial charge in [-0.1, -0.05) is 27.7 Å². The van der Waals surface area contributed by atoms with Crippen molar-refractivity contribution >= 4 is 44.5 Å². The van der Waals surface area contributed by atoms with Gasteiger partial charge in [-0.3, -0.25) is 14.2 Å². The number of carbonyl (C=O) groups is 1. The number of nitrogens with zero attached hydrogens (tertiary/aromatic N) is 3. The van der Waals surface area contributed by atoms with Crippen molar-refractivity contribution in [1.29, 1.82) is 0 Å². The number of carbonyl (C=O) groups excluding carboxylic acids is 1. The predicted molar refractivity (Wildman–Crippen MR) is 122 cm³/mol. The van der Waals surface area contributed by atoms with Gasteiger partial charge >= 0.3 is 0 Å². The summed E-state index contributed by atoms with van der Waals surface area (Å²) >= 11 is 4.74. The Hall–Kier alpha value is -1.42. The number of amides is 1. The van der Waals surface area contributed by atoms with Gasteiger partial charge < -0.3 is 14.4 Å². The summed E-state index contributed by atoms with van der Waals surface area (Å²) in [4.78, 5) is 32.4. The first-order valence-electron chi connectivity index (χ1n) is 10.2. The van der Waals surface area contributed by atoms with Crippen LogP contribution < -0.4 is 5.56 Å². The smallest absolute Gasteiger partial charge is 0.262 e. The van der Waals surface area contributed by atoms with Crippen LogP contribution in [0, 0.1) is 0 Å². The summed E-state index contributed by atoms with van der Waals surface area (Å²) in [5, 5.41) is 1.13. The third-order valence-corrected chi connectivity index (χ3v) is 6.31. The van der Waals surface area contributed by atoms with Gasteiger partial charge in [-0.15, -0.1) is 0 Å². The average Bonchev–Trinajstić information content (AvgIpc) is 2.70. The molecule has 1 saturated heterocycles. The molecule has 1 fully saturated rings. The highest BCUT2D eigenvalue weighted by molar-refractivity contribution is 9.10. The van der Waals surface area contributed by atoms with Crippen LogP contribution in [0.5, 0.6) is 0 Å². The summed E-state index contributed by atoms with van der Waals surface area (Å²) in [7, 11) is 0. The van der Waals surface area contributed by atoms with Crippen LogP contribution in [0.15, 0.2) is 32.6 Å². The molecule has 9 heteroatoms. The lowest BCUT2D eigenvalue weighted by molar-refractivity contribution is -0.140. The Bertz CT molecular complexity index is 942. The van der Waals surface area contributed by atoms with Gasteiger partial charge in [0.25, 0.3) is 5.56 Å². The van der Waals surface area contributed by atoms with Crippen molar-refractivity contribution in [2.24, 2.45) is 0 Å². The highest BCUT2D eigenvalue weighted by Crippen LogP contribution is 2.22. The topological polar surface area (TPSA) is 73.7 Å². The molecule has 1 aliphatic heterocycles. The van der Waals surface area contributed by atoms with Gasteiger partial charge in [0.15, 0.2) is 5.16 Å². The fraction of sp³-hybridized carbons (Fsp3) is 0.571. The molecule has 2 atom stereocenters. The first-order valence-corrected chi connectivity index (χ1v) is 12.0. The lowest BCUT2D eigenvalue weighted by Crippen LogP contribution is -2.48. The molecule has 0 aliphatic carbocycles. The minimum Gasteiger partial charge on any atom is -0.382 e. The summed E-state index contributed by atoms with van der Waals surface area (Å²) in [6.07, 6.45) is 0.753. The third kappa shape index (κ3) is 5.84. The highest BCUT2D eigenvalue weighted by atomic mass is 79.9. The lowest BCUT2D eigenvalue weighted by atomic mass is 10.2. The van der Waals surface area contributed by atoms with Crippen molar-refractivity contribution < 1.29 is 14.3 Å². The fourth-order valence-electron chi connectivity index (χ4n) is 3.55. The van der Waals surface area contributed by atoms with Crippen LogP contribution in [0.4, 0.5) is 0 Å². The standard InChI is InChI=1S/C21H28BrN3O4S/c1-4-28-9-5-8-25-20(27)17-10-16(22)6-7-18(17)23-21(25)30-13-19(26)24-11-14(2)29-15(3)12-24/h6-7,10,14-15H,4-5,8-9,11-13H2,1-3H3/t14-,15-/m1/s1. The zero-order valence-corrected chi connectivity index (χ0v) is 20.0. The molecule has 0 saturated carbocycles. The Kier molecular flexibility index (Phi) is 8.33. The second-order valence-electron chi connectivity index (χ2n) is 7.41. The molecule has 3 rings (SSSR count). The van der Waals surface area contributed by atoms with E-state index in [0.717, 1.165) is 4.47 Å². The Morgan fingerprint density at radius 2 is 2.07 bits per heavy atom. The zero-order chi connectivity index (χ0) is 21.7. The highest BCUT2D eigenvalue weighted by Gasteiger charge is 2.26. The monoisotopic (exact) mass is 497 g/mol. The molecule has 164 valence electrons. The van der Waals surface area contributed by atoms with Crippen molar-refractivity contribution in [3.8, 4) is 0 Å². The van der Waals surface area contributed by atoms with Crippen LogP contribution in [0.3, 0.4) is 0 Å². The van der Waals surface area contributed by atoms with E-state index >= 15 is 0 Å². The minimum absolute atomic E-state index is 0.0247. The molecule has 0 radical (unpaired) electrons. The number of aromatic nitrogens is 2. The Morgan fingerprint density at radius 3 is 2.77 bits per heavy atom. The van der Waals surface area contributed by atoms with Gasteiger partial charge in [-0.25, -0.2) is 4.98 Å². The van der Waals surface area contributed by atoms with E-state index in [9.17, 15) is 9.59 Å². The predicted octanol–water partition coefficient (Wildman–Crippen LogP) is 3.31. The summed E-state index contributed by atoms with van der Waals surface area (Å²) in [5.74, 6) is 0.271. The molecule has 2 aromatic rings. The minimum atomic E-state index is -0.0960. The molecule has 1 aromatic carbocycles. The summed E-state index contributed by atoms with van der Waals surface area (Å²) < 4.78 is 13.6. The first kappa shape index (κ1) is 23.2. The zero-order valence-electron chi connectivity index (χ0n) is 17.6. The Morgan fingerprint density at radius 1 is 1.33 bits per heavy atom. The van der Waals surface area contributed by atoms with Crippen LogP contribution in [-0.4, -0.2) is 64.6 Å². The Balaban J connectivity index is 1.81. The fourth-order valence-corrected chi connectivity index (χ4v) is 4.84. The number of morpholine rings is 1. The van der Waals surface area contributed by atoms with Crippen molar-refractivity contribution in [1.82, 2.24) is 14.5 Å². The quantitative estimate of drug-likeness (QED) is 0.316. The van der Waals surface area contributed by atoms with E-state index in [4.69, 9.17) is 14.5 Å². The maximum atomic E-state index is 13.1. The van der Waals surface area contributed by atoms with Gasteiger partial charge in [-0.05, 0) is 45.4 Å². The van der Waals surface area contributed by atoms with Gasteiger partial charge in [0.05, 0.1) is 28.9 Å². The van der Waals surface area contributed by atoms with Gasteiger partial charge in [0.2, 0.25) is 5.91 Å². The van der Waals surface area contributed by atoms with Crippen LogP contribution in [0.1, 0.15) is 27.2 Å². The lowest BCUT2D eigenvalue weighted by Gasteiger charge is -2.35. The van der Waals surface area contributed by atoms with E-state index in [0.29, 0.717) is 55.3 Å².